The molecule has 1 atom stereocenters. The summed E-state index contributed by atoms with van der Waals surface area (Å²) in [6.07, 6.45) is 1.57. The van der Waals surface area contributed by atoms with E-state index in [0.717, 1.165) is 0 Å². The van der Waals surface area contributed by atoms with E-state index in [9.17, 15) is 8.42 Å². The lowest BCUT2D eigenvalue weighted by Crippen LogP contribution is -2.22. The molecule has 0 saturated heterocycles. The van der Waals surface area contributed by atoms with Crippen LogP contribution in [0.25, 0.3) is 0 Å². The van der Waals surface area contributed by atoms with Gasteiger partial charge >= 0.3 is 0 Å². The molecule has 0 radical (unpaired) electrons. The molecular formula is C8H9BrN4O2S. The highest BCUT2D eigenvalue weighted by Crippen LogP contribution is 2.16. The van der Waals surface area contributed by atoms with Crippen molar-refractivity contribution in [2.45, 2.75) is 6.04 Å². The topological polar surface area (TPSA) is 98.0 Å². The molecule has 1 aromatic rings. The van der Waals surface area contributed by atoms with Crippen LogP contribution >= 0.6 is 15.9 Å². The van der Waals surface area contributed by atoms with Gasteiger partial charge in [-0.15, -0.1) is 0 Å². The van der Waals surface area contributed by atoms with Crippen molar-refractivity contribution in [2.24, 2.45) is 0 Å². The first kappa shape index (κ1) is 11.3. The Kier molecular flexibility index (Phi) is 2.85. The molecule has 3 N–H and O–H groups in total. The number of nitrogens with two attached hydrogens (primary N) is 1. The number of rotatable bonds is 2. The number of aromatic nitrogens is 2. The number of nitrogens with zero attached hydrogens (tertiary/aromatic N) is 2. The fourth-order valence-electron chi connectivity index (χ4n) is 1.33. The highest BCUT2D eigenvalue weighted by atomic mass is 79.9. The fraction of sp³-hybridized carbons (Fsp3) is 0.250. The van der Waals surface area contributed by atoms with Crippen molar-refractivity contribution in [1.29, 1.82) is 0 Å². The SMILES string of the molecule is Nc1cc(Br)nc(NC2C=CS(=O)(=O)C2)n1. The van der Waals surface area contributed by atoms with E-state index in [4.69, 9.17) is 5.73 Å². The lowest BCUT2D eigenvalue weighted by atomic mass is 10.3. The molecule has 2 heterocycles. The summed E-state index contributed by atoms with van der Waals surface area (Å²) in [4.78, 5) is 7.97. The van der Waals surface area contributed by atoms with Crippen molar-refractivity contribution in [2.75, 3.05) is 16.8 Å². The molecule has 8 heteroatoms. The molecule has 1 unspecified atom stereocenters. The van der Waals surface area contributed by atoms with Gasteiger partial charge in [-0.2, -0.15) is 4.98 Å². The summed E-state index contributed by atoms with van der Waals surface area (Å²) in [6, 6.07) is 1.26. The quantitative estimate of drug-likeness (QED) is 0.774. The fourth-order valence-corrected chi connectivity index (χ4v) is 2.97. The highest BCUT2D eigenvalue weighted by Gasteiger charge is 2.22. The van der Waals surface area contributed by atoms with E-state index < -0.39 is 9.84 Å². The molecule has 0 amide bonds. The molecule has 1 aromatic heterocycles. The van der Waals surface area contributed by atoms with E-state index in [1.165, 1.54) is 5.41 Å². The van der Waals surface area contributed by atoms with Crippen LogP contribution in [0.3, 0.4) is 0 Å². The predicted octanol–water partition coefficient (Wildman–Crippen LogP) is 0.544. The van der Waals surface area contributed by atoms with Crippen molar-refractivity contribution in [1.82, 2.24) is 9.97 Å². The number of nitrogen functional groups attached to an aromatic ring is 1. The summed E-state index contributed by atoms with van der Waals surface area (Å²) in [5.74, 6) is 0.635. The third kappa shape index (κ3) is 2.70. The molecule has 1 aliphatic rings. The lowest BCUT2D eigenvalue weighted by Gasteiger charge is -2.09. The Bertz CT molecular complexity index is 523. The number of sulfone groups is 1. The Balaban J connectivity index is 2.14. The van der Waals surface area contributed by atoms with Gasteiger partial charge in [0, 0.05) is 11.5 Å². The molecule has 0 saturated carbocycles. The zero-order valence-corrected chi connectivity index (χ0v) is 10.5. The van der Waals surface area contributed by atoms with Crippen LogP contribution in [0.2, 0.25) is 0 Å². The Labute approximate surface area is 101 Å². The smallest absolute Gasteiger partial charge is 0.226 e. The number of nitrogens with one attached hydrogen (secondary N) is 1. The Morgan fingerprint density at radius 2 is 2.25 bits per heavy atom. The maximum absolute atomic E-state index is 11.2. The van der Waals surface area contributed by atoms with Crippen LogP contribution in [0.5, 0.6) is 0 Å². The Hall–Kier alpha value is -1.15. The standard InChI is InChI=1S/C8H9BrN4O2S/c9-6-3-7(10)13-8(12-6)11-5-1-2-16(14,15)4-5/h1-3,5H,4H2,(H3,10,11,12,13). The first-order valence-corrected chi connectivity index (χ1v) is 6.93. The average Bonchev–Trinajstić information content (AvgIpc) is 2.43. The zero-order valence-electron chi connectivity index (χ0n) is 8.09. The number of hydrogen-bond acceptors (Lipinski definition) is 6. The minimum atomic E-state index is -3.08. The number of hydrogen-bond donors (Lipinski definition) is 2. The van der Waals surface area contributed by atoms with Gasteiger partial charge in [-0.25, -0.2) is 13.4 Å². The van der Waals surface area contributed by atoms with Gasteiger partial charge in [-0.3, -0.25) is 0 Å². The first-order chi connectivity index (χ1) is 7.44. The number of halogens is 1. The Morgan fingerprint density at radius 1 is 1.50 bits per heavy atom. The summed E-state index contributed by atoms with van der Waals surface area (Å²) in [7, 11) is -3.08. The van der Waals surface area contributed by atoms with E-state index >= 15 is 0 Å². The summed E-state index contributed by atoms with van der Waals surface area (Å²) >= 11 is 3.18. The molecule has 16 heavy (non-hydrogen) atoms. The van der Waals surface area contributed by atoms with Crippen molar-refractivity contribution in [3.8, 4) is 0 Å². The summed E-state index contributed by atoms with van der Waals surface area (Å²) in [5.41, 5.74) is 5.53. The van der Waals surface area contributed by atoms with Gasteiger partial charge in [-0.05, 0) is 22.0 Å². The van der Waals surface area contributed by atoms with E-state index in [2.05, 4.69) is 31.2 Å². The normalized spacial score (nSPS) is 22.2. The predicted molar refractivity (Wildman–Crippen MR) is 64.5 cm³/mol. The second kappa shape index (κ2) is 4.02. The van der Waals surface area contributed by atoms with Crippen molar-refractivity contribution >= 4 is 37.5 Å². The van der Waals surface area contributed by atoms with Crippen molar-refractivity contribution in [3.05, 3.63) is 22.2 Å². The van der Waals surface area contributed by atoms with Crippen LogP contribution in [-0.2, 0) is 9.84 Å². The van der Waals surface area contributed by atoms with E-state index in [1.807, 2.05) is 0 Å². The van der Waals surface area contributed by atoms with Gasteiger partial charge in [0.15, 0.2) is 9.84 Å². The average molecular weight is 305 g/mol. The van der Waals surface area contributed by atoms with E-state index in [0.29, 0.717) is 16.4 Å². The second-order valence-electron chi connectivity index (χ2n) is 3.35. The zero-order chi connectivity index (χ0) is 11.8. The van der Waals surface area contributed by atoms with Crippen LogP contribution in [-0.4, -0.2) is 30.2 Å². The monoisotopic (exact) mass is 304 g/mol. The summed E-state index contributed by atoms with van der Waals surface area (Å²) in [5, 5.41) is 4.07. The van der Waals surface area contributed by atoms with Gasteiger partial charge in [0.2, 0.25) is 5.95 Å². The molecule has 6 nitrogen and oxygen atoms in total. The van der Waals surface area contributed by atoms with Crippen LogP contribution in [0.4, 0.5) is 11.8 Å². The van der Waals surface area contributed by atoms with Gasteiger partial charge in [0.05, 0.1) is 11.8 Å². The molecule has 0 fully saturated rings. The first-order valence-electron chi connectivity index (χ1n) is 4.42. The highest BCUT2D eigenvalue weighted by molar-refractivity contribution is 9.10. The third-order valence-electron chi connectivity index (χ3n) is 1.96. The van der Waals surface area contributed by atoms with Gasteiger partial charge in [0.25, 0.3) is 0 Å². The number of anilines is 2. The van der Waals surface area contributed by atoms with Gasteiger partial charge in [-0.1, -0.05) is 0 Å². The minimum absolute atomic E-state index is 0.0166. The van der Waals surface area contributed by atoms with Crippen molar-refractivity contribution in [3.63, 3.8) is 0 Å². The van der Waals surface area contributed by atoms with Crippen LogP contribution < -0.4 is 11.1 Å². The summed E-state index contributed by atoms with van der Waals surface area (Å²) in [6.45, 7) is 0. The largest absolute Gasteiger partial charge is 0.383 e. The maximum atomic E-state index is 11.2. The van der Waals surface area contributed by atoms with Crippen LogP contribution in [0.1, 0.15) is 0 Å². The molecule has 0 spiro atoms. The van der Waals surface area contributed by atoms with E-state index in [1.54, 1.807) is 12.1 Å². The lowest BCUT2D eigenvalue weighted by molar-refractivity contribution is 0.605. The van der Waals surface area contributed by atoms with E-state index in [-0.39, 0.29) is 11.8 Å². The molecule has 86 valence electrons. The third-order valence-corrected chi connectivity index (χ3v) is 3.76. The Morgan fingerprint density at radius 3 is 2.81 bits per heavy atom. The second-order valence-corrected chi connectivity index (χ2v) is 6.09. The van der Waals surface area contributed by atoms with Gasteiger partial charge < -0.3 is 11.1 Å². The van der Waals surface area contributed by atoms with Gasteiger partial charge in [0.1, 0.15) is 10.4 Å². The molecule has 1 aliphatic heterocycles. The maximum Gasteiger partial charge on any atom is 0.226 e. The summed E-state index contributed by atoms with van der Waals surface area (Å²) < 4.78 is 22.9. The molecule has 2 rings (SSSR count). The van der Waals surface area contributed by atoms with Crippen LogP contribution in [0, 0.1) is 0 Å². The van der Waals surface area contributed by atoms with Crippen LogP contribution in [0.15, 0.2) is 22.2 Å². The van der Waals surface area contributed by atoms with Crippen molar-refractivity contribution < 1.29 is 8.42 Å². The molecular weight excluding hydrogens is 296 g/mol. The molecule has 0 bridgehead atoms. The molecule has 0 aliphatic carbocycles. The molecule has 0 aromatic carbocycles. The minimum Gasteiger partial charge on any atom is -0.383 e.